The van der Waals surface area contributed by atoms with E-state index in [1.807, 2.05) is 13.8 Å². The van der Waals surface area contributed by atoms with Crippen LogP contribution < -0.4 is 5.73 Å². The molecule has 0 aromatic carbocycles. The van der Waals surface area contributed by atoms with Crippen molar-refractivity contribution in [2.24, 2.45) is 0 Å². The lowest BCUT2D eigenvalue weighted by atomic mass is 10.4. The summed E-state index contributed by atoms with van der Waals surface area (Å²) in [7, 11) is 0. The fourth-order valence-corrected chi connectivity index (χ4v) is 2.57. The Morgan fingerprint density at radius 3 is 2.80 bits per heavy atom. The molecule has 0 fully saturated rings. The number of nitrogen functional groups attached to an aromatic ring is 1. The predicted octanol–water partition coefficient (Wildman–Crippen LogP) is 1.68. The summed E-state index contributed by atoms with van der Waals surface area (Å²) < 4.78 is 4.97. The number of aryl methyl sites for hydroxylation is 1. The van der Waals surface area contributed by atoms with Gasteiger partial charge < -0.3 is 5.73 Å². The second-order valence-corrected chi connectivity index (χ2v) is 4.89. The van der Waals surface area contributed by atoms with Gasteiger partial charge in [0.1, 0.15) is 23.0 Å². The number of nitrogens with zero attached hydrogens (tertiary/aromatic N) is 4. The Bertz CT molecular complexity index is 482. The molecule has 0 amide bonds. The van der Waals surface area contributed by atoms with E-state index < -0.39 is 0 Å². The van der Waals surface area contributed by atoms with Gasteiger partial charge in [-0.05, 0) is 37.1 Å². The second kappa shape index (κ2) is 4.11. The zero-order chi connectivity index (χ0) is 10.8. The standard InChI is InChI=1S/C8H9N5S2/c1-4-6(9)10-3-11-7(4)14-8-12-5(2)13-15-8/h3H,1-2H3,(H2,9,10,11). The van der Waals surface area contributed by atoms with E-state index in [1.165, 1.54) is 29.6 Å². The monoisotopic (exact) mass is 239 g/mol. The molecule has 0 aliphatic carbocycles. The van der Waals surface area contributed by atoms with Crippen LogP contribution in [0, 0.1) is 13.8 Å². The molecular formula is C8H9N5S2. The fourth-order valence-electron chi connectivity index (χ4n) is 0.952. The summed E-state index contributed by atoms with van der Waals surface area (Å²) >= 11 is 2.82. The molecule has 2 aromatic rings. The van der Waals surface area contributed by atoms with Crippen molar-refractivity contribution < 1.29 is 0 Å². The van der Waals surface area contributed by atoms with Crippen molar-refractivity contribution in [2.45, 2.75) is 23.2 Å². The predicted molar refractivity (Wildman–Crippen MR) is 60.0 cm³/mol. The Labute approximate surface area is 95.3 Å². The molecule has 0 aliphatic heterocycles. The molecule has 0 atom stereocenters. The quantitative estimate of drug-likeness (QED) is 0.803. The van der Waals surface area contributed by atoms with Gasteiger partial charge in [0.2, 0.25) is 0 Å². The van der Waals surface area contributed by atoms with Crippen molar-refractivity contribution in [3.05, 3.63) is 17.7 Å². The molecule has 2 aromatic heterocycles. The van der Waals surface area contributed by atoms with Crippen molar-refractivity contribution in [1.82, 2.24) is 19.3 Å². The van der Waals surface area contributed by atoms with E-state index in [4.69, 9.17) is 5.73 Å². The van der Waals surface area contributed by atoms with Crippen LogP contribution in [0.25, 0.3) is 0 Å². The average molecular weight is 239 g/mol. The number of hydrogen-bond donors (Lipinski definition) is 1. The summed E-state index contributed by atoms with van der Waals surface area (Å²) in [5.74, 6) is 1.29. The number of nitrogens with two attached hydrogens (primary N) is 1. The third-order valence-electron chi connectivity index (χ3n) is 1.77. The molecule has 7 heteroatoms. The molecule has 2 heterocycles. The maximum Gasteiger partial charge on any atom is 0.176 e. The maximum absolute atomic E-state index is 5.68. The van der Waals surface area contributed by atoms with Crippen LogP contribution in [0.4, 0.5) is 5.82 Å². The third kappa shape index (κ3) is 2.24. The molecular weight excluding hydrogens is 230 g/mol. The number of anilines is 1. The Morgan fingerprint density at radius 1 is 1.33 bits per heavy atom. The van der Waals surface area contributed by atoms with Gasteiger partial charge in [-0.25, -0.2) is 15.0 Å². The molecule has 2 N–H and O–H groups in total. The zero-order valence-corrected chi connectivity index (χ0v) is 9.89. The van der Waals surface area contributed by atoms with Crippen molar-refractivity contribution >= 4 is 29.1 Å². The van der Waals surface area contributed by atoms with E-state index in [0.717, 1.165) is 20.8 Å². The van der Waals surface area contributed by atoms with E-state index in [-0.39, 0.29) is 0 Å². The normalized spacial score (nSPS) is 10.5. The lowest BCUT2D eigenvalue weighted by molar-refractivity contribution is 1.01. The van der Waals surface area contributed by atoms with Crippen molar-refractivity contribution in [1.29, 1.82) is 0 Å². The Balaban J connectivity index is 2.28. The highest BCUT2D eigenvalue weighted by molar-refractivity contribution is 8.00. The van der Waals surface area contributed by atoms with Crippen LogP contribution in [0.1, 0.15) is 11.4 Å². The lowest BCUT2D eigenvalue weighted by Gasteiger charge is -2.02. The van der Waals surface area contributed by atoms with Crippen LogP contribution in [0.2, 0.25) is 0 Å². The first-order valence-electron chi connectivity index (χ1n) is 4.22. The van der Waals surface area contributed by atoms with Crippen LogP contribution in [0.3, 0.4) is 0 Å². The van der Waals surface area contributed by atoms with Gasteiger partial charge >= 0.3 is 0 Å². The first-order valence-corrected chi connectivity index (χ1v) is 5.81. The molecule has 5 nitrogen and oxygen atoms in total. The van der Waals surface area contributed by atoms with Gasteiger partial charge in [0.15, 0.2) is 4.34 Å². The van der Waals surface area contributed by atoms with Crippen molar-refractivity contribution in [2.75, 3.05) is 5.73 Å². The number of aromatic nitrogens is 4. The van der Waals surface area contributed by atoms with E-state index in [9.17, 15) is 0 Å². The summed E-state index contributed by atoms with van der Waals surface area (Å²) in [6.45, 7) is 3.76. The molecule has 0 aliphatic rings. The molecule has 0 radical (unpaired) electrons. The van der Waals surface area contributed by atoms with Crippen LogP contribution in [-0.2, 0) is 0 Å². The Kier molecular flexibility index (Phi) is 2.83. The van der Waals surface area contributed by atoms with Crippen LogP contribution in [0.15, 0.2) is 15.7 Å². The first kappa shape index (κ1) is 10.3. The highest BCUT2D eigenvalue weighted by Gasteiger charge is 2.09. The summed E-state index contributed by atoms with van der Waals surface area (Å²) in [6.07, 6.45) is 1.46. The summed E-state index contributed by atoms with van der Waals surface area (Å²) in [5, 5.41) is 0.832. The average Bonchev–Trinajstić information content (AvgIpc) is 2.59. The second-order valence-electron chi connectivity index (χ2n) is 2.90. The van der Waals surface area contributed by atoms with E-state index in [0.29, 0.717) is 5.82 Å². The lowest BCUT2D eigenvalue weighted by Crippen LogP contribution is -1.97. The minimum absolute atomic E-state index is 0.508. The molecule has 2 rings (SSSR count). The summed E-state index contributed by atoms with van der Waals surface area (Å²) in [5.41, 5.74) is 6.57. The third-order valence-corrected chi connectivity index (χ3v) is 3.72. The summed E-state index contributed by atoms with van der Waals surface area (Å²) in [6, 6.07) is 0. The van der Waals surface area contributed by atoms with Gasteiger partial charge in [0.05, 0.1) is 0 Å². The zero-order valence-electron chi connectivity index (χ0n) is 8.26. The van der Waals surface area contributed by atoms with Crippen LogP contribution in [0.5, 0.6) is 0 Å². The fraction of sp³-hybridized carbons (Fsp3) is 0.250. The van der Waals surface area contributed by atoms with Crippen LogP contribution in [-0.4, -0.2) is 19.3 Å². The minimum Gasteiger partial charge on any atom is -0.383 e. The molecule has 78 valence electrons. The van der Waals surface area contributed by atoms with E-state index in [2.05, 4.69) is 19.3 Å². The largest absolute Gasteiger partial charge is 0.383 e. The smallest absolute Gasteiger partial charge is 0.176 e. The van der Waals surface area contributed by atoms with Crippen molar-refractivity contribution in [3.63, 3.8) is 0 Å². The van der Waals surface area contributed by atoms with Gasteiger partial charge in [-0.3, -0.25) is 0 Å². The minimum atomic E-state index is 0.508. The first-order chi connectivity index (χ1) is 7.16. The molecule has 0 saturated heterocycles. The number of hydrogen-bond acceptors (Lipinski definition) is 7. The highest BCUT2D eigenvalue weighted by Crippen LogP contribution is 2.30. The van der Waals surface area contributed by atoms with E-state index >= 15 is 0 Å². The van der Waals surface area contributed by atoms with Crippen molar-refractivity contribution in [3.8, 4) is 0 Å². The molecule has 15 heavy (non-hydrogen) atoms. The van der Waals surface area contributed by atoms with Gasteiger partial charge in [0.25, 0.3) is 0 Å². The van der Waals surface area contributed by atoms with Gasteiger partial charge in [0, 0.05) is 5.56 Å². The Hall–Kier alpha value is -1.21. The maximum atomic E-state index is 5.68. The molecule has 0 spiro atoms. The Morgan fingerprint density at radius 2 is 2.13 bits per heavy atom. The highest BCUT2D eigenvalue weighted by atomic mass is 32.2. The van der Waals surface area contributed by atoms with Gasteiger partial charge in [-0.1, -0.05) is 0 Å². The SMILES string of the molecule is Cc1nsc(Sc2ncnc(N)c2C)n1. The molecule has 0 bridgehead atoms. The molecule has 0 saturated carbocycles. The van der Waals surface area contributed by atoms with Crippen LogP contribution >= 0.6 is 23.3 Å². The van der Waals surface area contributed by atoms with Gasteiger partial charge in [-0.15, -0.1) is 0 Å². The van der Waals surface area contributed by atoms with E-state index in [1.54, 1.807) is 0 Å². The summed E-state index contributed by atoms with van der Waals surface area (Å²) in [4.78, 5) is 12.3. The topological polar surface area (TPSA) is 77.6 Å². The number of rotatable bonds is 2. The van der Waals surface area contributed by atoms with Gasteiger partial charge in [-0.2, -0.15) is 4.37 Å². The molecule has 0 unspecified atom stereocenters.